The Labute approximate surface area is 110 Å². The van der Waals surface area contributed by atoms with E-state index in [-0.39, 0.29) is 11.6 Å². The van der Waals surface area contributed by atoms with E-state index in [0.29, 0.717) is 0 Å². The Morgan fingerprint density at radius 1 is 1.28 bits per heavy atom. The number of hydrogen-bond donors (Lipinski definition) is 1. The fourth-order valence-corrected chi connectivity index (χ4v) is 2.06. The van der Waals surface area contributed by atoms with Crippen molar-refractivity contribution >= 4 is 0 Å². The van der Waals surface area contributed by atoms with Gasteiger partial charge in [0.2, 0.25) is 0 Å². The minimum absolute atomic E-state index is 0.0931. The molecule has 1 unspecified atom stereocenters. The molecule has 0 aromatic heterocycles. The number of nitrogens with one attached hydrogen (secondary N) is 1. The highest BCUT2D eigenvalue weighted by atomic mass is 16.5. The van der Waals surface area contributed by atoms with Crippen molar-refractivity contribution in [1.29, 1.82) is 0 Å². The van der Waals surface area contributed by atoms with Gasteiger partial charge < -0.3 is 14.8 Å². The van der Waals surface area contributed by atoms with E-state index in [9.17, 15) is 0 Å². The van der Waals surface area contributed by atoms with Crippen LogP contribution in [0.15, 0.2) is 24.3 Å². The molecule has 0 saturated carbocycles. The topological polar surface area (TPSA) is 30.5 Å². The Morgan fingerprint density at radius 2 is 1.94 bits per heavy atom. The van der Waals surface area contributed by atoms with E-state index < -0.39 is 0 Å². The third-order valence-corrected chi connectivity index (χ3v) is 3.20. The van der Waals surface area contributed by atoms with Gasteiger partial charge in [-0.15, -0.1) is 0 Å². The lowest BCUT2D eigenvalue weighted by Crippen LogP contribution is -2.39. The van der Waals surface area contributed by atoms with Gasteiger partial charge in [0.05, 0.1) is 18.2 Å². The van der Waals surface area contributed by atoms with E-state index in [1.54, 1.807) is 7.11 Å². The van der Waals surface area contributed by atoms with Crippen LogP contribution in [0.5, 0.6) is 5.75 Å². The zero-order valence-electron chi connectivity index (χ0n) is 12.1. The van der Waals surface area contributed by atoms with Gasteiger partial charge in [-0.05, 0) is 33.4 Å². The number of methoxy groups -OCH3 is 1. The molecule has 1 atom stereocenters. The molecule has 102 valence electrons. The molecule has 0 bridgehead atoms. The lowest BCUT2D eigenvalue weighted by Gasteiger charge is -2.34. The van der Waals surface area contributed by atoms with Crippen LogP contribution in [-0.2, 0) is 4.74 Å². The zero-order valence-corrected chi connectivity index (χ0v) is 12.1. The fraction of sp³-hybridized carbons (Fsp3) is 0.600. The molecule has 0 aliphatic carbocycles. The maximum Gasteiger partial charge on any atom is 0.124 e. The van der Waals surface area contributed by atoms with Crippen LogP contribution in [0.25, 0.3) is 0 Å². The van der Waals surface area contributed by atoms with Crippen molar-refractivity contribution in [1.82, 2.24) is 5.32 Å². The molecule has 0 heterocycles. The summed E-state index contributed by atoms with van der Waals surface area (Å²) in [4.78, 5) is 0. The molecule has 0 saturated heterocycles. The molecular formula is C15H25NO2. The van der Waals surface area contributed by atoms with E-state index in [1.165, 1.54) is 0 Å². The molecule has 0 aliphatic rings. The number of benzene rings is 1. The number of hydrogen-bond acceptors (Lipinski definition) is 3. The van der Waals surface area contributed by atoms with Gasteiger partial charge in [0.25, 0.3) is 0 Å². The molecule has 0 aliphatic heterocycles. The molecule has 18 heavy (non-hydrogen) atoms. The summed E-state index contributed by atoms with van der Waals surface area (Å²) in [6, 6.07) is 8.23. The minimum atomic E-state index is -0.291. The first-order valence-corrected chi connectivity index (χ1v) is 6.51. The molecule has 0 amide bonds. The molecular weight excluding hydrogens is 226 g/mol. The van der Waals surface area contributed by atoms with Crippen molar-refractivity contribution in [2.24, 2.45) is 0 Å². The zero-order chi connectivity index (χ0) is 13.6. The molecule has 1 aromatic carbocycles. The van der Waals surface area contributed by atoms with Crippen molar-refractivity contribution < 1.29 is 9.47 Å². The summed E-state index contributed by atoms with van der Waals surface area (Å²) in [6.45, 7) is 6.99. The molecule has 0 fully saturated rings. The van der Waals surface area contributed by atoms with Crippen LogP contribution in [0, 0.1) is 0 Å². The highest BCUT2D eigenvalue weighted by Crippen LogP contribution is 2.33. The second kappa shape index (κ2) is 6.76. The van der Waals surface area contributed by atoms with E-state index in [4.69, 9.17) is 9.47 Å². The quantitative estimate of drug-likeness (QED) is 0.807. The van der Waals surface area contributed by atoms with Gasteiger partial charge in [0, 0.05) is 12.7 Å². The van der Waals surface area contributed by atoms with Gasteiger partial charge in [-0.1, -0.05) is 25.1 Å². The summed E-state index contributed by atoms with van der Waals surface area (Å²) in [5.74, 6) is 0.934. The summed E-state index contributed by atoms with van der Waals surface area (Å²) in [5.41, 5.74) is 0.848. The second-order valence-corrected chi connectivity index (χ2v) is 4.92. The average molecular weight is 251 g/mol. The third kappa shape index (κ3) is 3.47. The number of para-hydroxylation sites is 1. The summed E-state index contributed by atoms with van der Waals surface area (Å²) < 4.78 is 11.4. The van der Waals surface area contributed by atoms with E-state index >= 15 is 0 Å². The van der Waals surface area contributed by atoms with Gasteiger partial charge >= 0.3 is 0 Å². The van der Waals surface area contributed by atoms with E-state index in [1.807, 2.05) is 25.2 Å². The van der Waals surface area contributed by atoms with E-state index in [0.717, 1.165) is 24.3 Å². The largest absolute Gasteiger partial charge is 0.493 e. The first-order chi connectivity index (χ1) is 8.56. The summed E-state index contributed by atoms with van der Waals surface area (Å²) in [6.07, 6.45) is 1.01. The maximum absolute atomic E-state index is 5.81. The first kappa shape index (κ1) is 15.0. The Hall–Kier alpha value is -1.06. The predicted molar refractivity (Wildman–Crippen MR) is 75.1 cm³/mol. The van der Waals surface area contributed by atoms with Gasteiger partial charge in [-0.25, -0.2) is 0 Å². The predicted octanol–water partition coefficient (Wildman–Crippen LogP) is 3.16. The number of ether oxygens (including phenoxy) is 2. The fourth-order valence-electron chi connectivity index (χ4n) is 2.06. The SMILES string of the molecule is CCCOc1ccccc1C(NC)C(C)(C)OC. The van der Waals surface area contributed by atoms with Crippen LogP contribution in [-0.4, -0.2) is 26.4 Å². The normalized spacial score (nSPS) is 13.4. The minimum Gasteiger partial charge on any atom is -0.493 e. The van der Waals surface area contributed by atoms with Crippen LogP contribution in [0.3, 0.4) is 0 Å². The molecule has 3 heteroatoms. The summed E-state index contributed by atoms with van der Waals surface area (Å²) in [7, 11) is 3.68. The number of rotatable bonds is 7. The Bertz CT molecular complexity index is 363. The van der Waals surface area contributed by atoms with Gasteiger partial charge in [0.15, 0.2) is 0 Å². The van der Waals surface area contributed by atoms with Gasteiger partial charge in [-0.3, -0.25) is 0 Å². The Balaban J connectivity index is 3.05. The van der Waals surface area contributed by atoms with Crippen molar-refractivity contribution in [3.8, 4) is 5.75 Å². The van der Waals surface area contributed by atoms with Crippen molar-refractivity contribution in [2.45, 2.75) is 38.8 Å². The average Bonchev–Trinajstić information content (AvgIpc) is 2.38. The van der Waals surface area contributed by atoms with Crippen molar-refractivity contribution in [3.63, 3.8) is 0 Å². The molecule has 1 N–H and O–H groups in total. The highest BCUT2D eigenvalue weighted by molar-refractivity contribution is 5.37. The van der Waals surface area contributed by atoms with Crippen LogP contribution >= 0.6 is 0 Å². The lowest BCUT2D eigenvalue weighted by molar-refractivity contribution is -0.00970. The van der Waals surface area contributed by atoms with Gasteiger partial charge in [0.1, 0.15) is 5.75 Å². The monoisotopic (exact) mass is 251 g/mol. The van der Waals surface area contributed by atoms with Crippen LogP contribution in [0.1, 0.15) is 38.8 Å². The van der Waals surface area contributed by atoms with Gasteiger partial charge in [-0.2, -0.15) is 0 Å². The van der Waals surface area contributed by atoms with Crippen LogP contribution in [0.4, 0.5) is 0 Å². The third-order valence-electron chi connectivity index (χ3n) is 3.20. The smallest absolute Gasteiger partial charge is 0.124 e. The second-order valence-electron chi connectivity index (χ2n) is 4.92. The summed E-state index contributed by atoms with van der Waals surface area (Å²) >= 11 is 0. The lowest BCUT2D eigenvalue weighted by atomic mass is 9.91. The highest BCUT2D eigenvalue weighted by Gasteiger charge is 2.31. The Morgan fingerprint density at radius 3 is 2.50 bits per heavy atom. The summed E-state index contributed by atoms with van der Waals surface area (Å²) in [5, 5.41) is 3.32. The van der Waals surface area contributed by atoms with E-state index in [2.05, 4.69) is 32.2 Å². The van der Waals surface area contributed by atoms with Crippen molar-refractivity contribution in [2.75, 3.05) is 20.8 Å². The molecule has 0 radical (unpaired) electrons. The molecule has 3 nitrogen and oxygen atoms in total. The van der Waals surface area contributed by atoms with Crippen molar-refractivity contribution in [3.05, 3.63) is 29.8 Å². The molecule has 0 spiro atoms. The number of likely N-dealkylation sites (N-methyl/N-ethyl adjacent to an activating group) is 1. The maximum atomic E-state index is 5.81. The first-order valence-electron chi connectivity index (χ1n) is 6.51. The van der Waals surface area contributed by atoms with Crippen LogP contribution in [0.2, 0.25) is 0 Å². The Kier molecular flexibility index (Phi) is 5.63. The van der Waals surface area contributed by atoms with Crippen LogP contribution < -0.4 is 10.1 Å². The molecule has 1 aromatic rings. The standard InChI is InChI=1S/C15H25NO2/c1-6-11-18-13-10-8-7-9-12(13)14(16-4)15(2,3)17-5/h7-10,14,16H,6,11H2,1-5H3. The molecule has 1 rings (SSSR count).